The van der Waals surface area contributed by atoms with Crippen LogP contribution in [0.1, 0.15) is 45.3 Å². The zero-order chi connectivity index (χ0) is 14.6. The molecule has 1 saturated carbocycles. The van der Waals surface area contributed by atoms with E-state index in [0.29, 0.717) is 11.2 Å². The molecule has 1 aliphatic carbocycles. The van der Waals surface area contributed by atoms with Gasteiger partial charge in [0.25, 0.3) is 0 Å². The first-order chi connectivity index (χ1) is 9.47. The molecule has 1 heterocycles. The number of urea groups is 1. The smallest absolute Gasteiger partial charge is 0.314 e. The molecule has 0 aliphatic heterocycles. The second-order valence-electron chi connectivity index (χ2n) is 6.04. The summed E-state index contributed by atoms with van der Waals surface area (Å²) in [6.07, 6.45) is 6.22. The Morgan fingerprint density at radius 2 is 2.25 bits per heavy atom. The van der Waals surface area contributed by atoms with E-state index in [9.17, 15) is 9.90 Å². The van der Waals surface area contributed by atoms with Crippen LogP contribution in [0.2, 0.25) is 0 Å². The second-order valence-corrected chi connectivity index (χ2v) is 6.04. The fourth-order valence-electron chi connectivity index (χ4n) is 2.48. The Morgan fingerprint density at radius 1 is 1.50 bits per heavy atom. The van der Waals surface area contributed by atoms with Gasteiger partial charge < -0.3 is 20.2 Å². The molecular weight excluding hydrogens is 256 g/mol. The fourth-order valence-corrected chi connectivity index (χ4v) is 2.48. The number of hydrogen-bond acceptors (Lipinski definition) is 3. The van der Waals surface area contributed by atoms with Crippen LogP contribution in [0.15, 0.2) is 22.8 Å². The first-order valence-corrected chi connectivity index (χ1v) is 7.25. The van der Waals surface area contributed by atoms with Crippen molar-refractivity contribution in [2.24, 2.45) is 5.41 Å². The van der Waals surface area contributed by atoms with Gasteiger partial charge in [0.1, 0.15) is 11.4 Å². The molecule has 1 aromatic rings. The predicted molar refractivity (Wildman–Crippen MR) is 76.3 cm³/mol. The van der Waals surface area contributed by atoms with E-state index in [1.54, 1.807) is 19.1 Å². The summed E-state index contributed by atoms with van der Waals surface area (Å²) in [6.45, 7) is 4.62. The first-order valence-electron chi connectivity index (χ1n) is 7.25. The zero-order valence-electron chi connectivity index (χ0n) is 12.2. The molecular formula is C15H24N2O3. The summed E-state index contributed by atoms with van der Waals surface area (Å²) in [5, 5.41) is 15.8. The number of nitrogens with one attached hydrogen (secondary N) is 2. The van der Waals surface area contributed by atoms with Crippen molar-refractivity contribution >= 4 is 6.03 Å². The minimum absolute atomic E-state index is 0.118. The van der Waals surface area contributed by atoms with E-state index in [2.05, 4.69) is 17.6 Å². The number of amides is 2. The van der Waals surface area contributed by atoms with Gasteiger partial charge in [-0.05, 0) is 43.7 Å². The van der Waals surface area contributed by atoms with Crippen LogP contribution in [0, 0.1) is 5.41 Å². The lowest BCUT2D eigenvalue weighted by molar-refractivity contribution is 0.0367. The topological polar surface area (TPSA) is 74.5 Å². The molecule has 0 bridgehead atoms. The van der Waals surface area contributed by atoms with Gasteiger partial charge in [-0.15, -0.1) is 0 Å². The fraction of sp³-hybridized carbons (Fsp3) is 0.667. The third kappa shape index (κ3) is 3.76. The Kier molecular flexibility index (Phi) is 4.38. The summed E-state index contributed by atoms with van der Waals surface area (Å²) >= 11 is 0. The predicted octanol–water partition coefficient (Wildman–Crippen LogP) is 2.37. The van der Waals surface area contributed by atoms with E-state index in [1.165, 1.54) is 19.1 Å². The van der Waals surface area contributed by atoms with Gasteiger partial charge in [0.2, 0.25) is 0 Å². The van der Waals surface area contributed by atoms with E-state index >= 15 is 0 Å². The van der Waals surface area contributed by atoms with E-state index in [4.69, 9.17) is 4.42 Å². The lowest BCUT2D eigenvalue weighted by Crippen LogP contribution is -2.44. The van der Waals surface area contributed by atoms with Crippen molar-refractivity contribution in [2.75, 3.05) is 13.1 Å². The van der Waals surface area contributed by atoms with Crippen molar-refractivity contribution in [1.82, 2.24) is 10.6 Å². The molecule has 0 radical (unpaired) electrons. The van der Waals surface area contributed by atoms with Crippen LogP contribution in [0.3, 0.4) is 0 Å². The van der Waals surface area contributed by atoms with Crippen molar-refractivity contribution in [2.45, 2.75) is 45.1 Å². The van der Waals surface area contributed by atoms with Gasteiger partial charge in [-0.2, -0.15) is 0 Å². The number of carbonyl (C=O) groups is 1. The third-order valence-corrected chi connectivity index (χ3v) is 4.01. The average molecular weight is 280 g/mol. The van der Waals surface area contributed by atoms with Gasteiger partial charge in [0.05, 0.1) is 12.8 Å². The highest BCUT2D eigenvalue weighted by Gasteiger charge is 2.41. The maximum absolute atomic E-state index is 11.8. The van der Waals surface area contributed by atoms with Crippen LogP contribution in [0.4, 0.5) is 4.79 Å². The van der Waals surface area contributed by atoms with Crippen LogP contribution in [-0.2, 0) is 5.60 Å². The number of aliphatic hydroxyl groups is 1. The Hall–Kier alpha value is -1.49. The van der Waals surface area contributed by atoms with Crippen molar-refractivity contribution < 1.29 is 14.3 Å². The molecule has 20 heavy (non-hydrogen) atoms. The standard InChI is InChI=1S/C15H24N2O3/c1-3-6-15(7-8-15)11-17-13(18)16-10-14(2,19)12-5-4-9-20-12/h4-5,9,19H,3,6-8,10-11H2,1-2H3,(H2,16,17,18). The lowest BCUT2D eigenvalue weighted by atomic mass is 10.0. The molecule has 0 spiro atoms. The highest BCUT2D eigenvalue weighted by Crippen LogP contribution is 2.48. The van der Waals surface area contributed by atoms with Crippen molar-refractivity contribution in [3.63, 3.8) is 0 Å². The van der Waals surface area contributed by atoms with Crippen LogP contribution >= 0.6 is 0 Å². The minimum atomic E-state index is -1.19. The van der Waals surface area contributed by atoms with Gasteiger partial charge in [0, 0.05) is 6.54 Å². The summed E-state index contributed by atoms with van der Waals surface area (Å²) in [5.41, 5.74) is -0.864. The van der Waals surface area contributed by atoms with Crippen LogP contribution in [-0.4, -0.2) is 24.2 Å². The van der Waals surface area contributed by atoms with Crippen LogP contribution < -0.4 is 10.6 Å². The third-order valence-electron chi connectivity index (χ3n) is 4.01. The average Bonchev–Trinajstić information content (AvgIpc) is 2.94. The SMILES string of the molecule is CCCC1(CNC(=O)NCC(C)(O)c2ccco2)CC1. The molecule has 1 unspecified atom stereocenters. The molecule has 0 saturated heterocycles. The number of rotatable bonds is 7. The summed E-state index contributed by atoms with van der Waals surface area (Å²) in [5.74, 6) is 0.447. The highest BCUT2D eigenvalue weighted by molar-refractivity contribution is 5.74. The van der Waals surface area contributed by atoms with Crippen molar-refractivity contribution in [1.29, 1.82) is 0 Å². The largest absolute Gasteiger partial charge is 0.466 e. The number of furan rings is 1. The van der Waals surface area contributed by atoms with E-state index in [1.807, 2.05) is 0 Å². The maximum Gasteiger partial charge on any atom is 0.314 e. The Bertz CT molecular complexity index is 436. The second kappa shape index (κ2) is 5.87. The molecule has 2 rings (SSSR count). The quantitative estimate of drug-likeness (QED) is 0.718. The number of hydrogen-bond donors (Lipinski definition) is 3. The summed E-state index contributed by atoms with van der Waals surface area (Å²) in [7, 11) is 0. The molecule has 112 valence electrons. The molecule has 5 nitrogen and oxygen atoms in total. The van der Waals surface area contributed by atoms with Gasteiger partial charge in [-0.3, -0.25) is 0 Å². The molecule has 1 atom stereocenters. The van der Waals surface area contributed by atoms with Crippen LogP contribution in [0.5, 0.6) is 0 Å². The Labute approximate surface area is 119 Å². The van der Waals surface area contributed by atoms with E-state index < -0.39 is 5.60 Å². The van der Waals surface area contributed by atoms with Crippen LogP contribution in [0.25, 0.3) is 0 Å². The summed E-state index contributed by atoms with van der Waals surface area (Å²) < 4.78 is 5.17. The van der Waals surface area contributed by atoms with Gasteiger partial charge >= 0.3 is 6.03 Å². The zero-order valence-corrected chi connectivity index (χ0v) is 12.2. The monoisotopic (exact) mass is 280 g/mol. The molecule has 3 N–H and O–H groups in total. The Morgan fingerprint density at radius 3 is 2.80 bits per heavy atom. The van der Waals surface area contributed by atoms with Gasteiger partial charge in [-0.25, -0.2) is 4.79 Å². The first kappa shape index (κ1) is 14.9. The molecule has 2 amide bonds. The summed E-state index contributed by atoms with van der Waals surface area (Å²) in [6, 6.07) is 3.17. The minimum Gasteiger partial charge on any atom is -0.466 e. The van der Waals surface area contributed by atoms with Crippen molar-refractivity contribution in [3.8, 4) is 0 Å². The van der Waals surface area contributed by atoms with Crippen molar-refractivity contribution in [3.05, 3.63) is 24.2 Å². The summed E-state index contributed by atoms with van der Waals surface area (Å²) in [4.78, 5) is 11.8. The molecule has 1 aliphatic rings. The molecule has 5 heteroatoms. The molecule has 1 aromatic heterocycles. The maximum atomic E-state index is 11.8. The van der Waals surface area contributed by atoms with E-state index in [-0.39, 0.29) is 12.6 Å². The lowest BCUT2D eigenvalue weighted by Gasteiger charge is -2.22. The van der Waals surface area contributed by atoms with Gasteiger partial charge in [0.15, 0.2) is 0 Å². The number of carbonyl (C=O) groups excluding carboxylic acids is 1. The van der Waals surface area contributed by atoms with E-state index in [0.717, 1.165) is 19.4 Å². The molecule has 0 aromatic carbocycles. The van der Waals surface area contributed by atoms with Gasteiger partial charge in [-0.1, -0.05) is 13.3 Å². The normalized spacial score (nSPS) is 19.1. The highest BCUT2D eigenvalue weighted by atomic mass is 16.4. The Balaban J connectivity index is 1.73. The molecule has 1 fully saturated rings.